The Morgan fingerprint density at radius 1 is 1.17 bits per heavy atom. The van der Waals surface area contributed by atoms with Gasteiger partial charge in [-0.2, -0.15) is 0 Å². The number of rotatable bonds is 4. The molecule has 0 aromatic carbocycles. The minimum atomic E-state index is -1.20. The van der Waals surface area contributed by atoms with Gasteiger partial charge in [0.2, 0.25) is 11.8 Å². The number of ether oxygens (including phenoxy) is 1. The molecule has 4 aliphatic rings. The molecule has 2 amide bonds. The van der Waals surface area contributed by atoms with Crippen molar-refractivity contribution >= 4 is 23.8 Å². The molecule has 0 aromatic rings. The highest BCUT2D eigenvalue weighted by atomic mass is 16.5. The first-order chi connectivity index (χ1) is 10.9. The van der Waals surface area contributed by atoms with Crippen LogP contribution in [0.15, 0.2) is 0 Å². The zero-order chi connectivity index (χ0) is 16.7. The SMILES string of the molecule is COC(=O)C[C@H]1C(=O)N2C3CCC(CC3)[C@H]2C(=O)N1CC(=O)O. The topological polar surface area (TPSA) is 104 Å². The van der Waals surface area contributed by atoms with Gasteiger partial charge < -0.3 is 19.6 Å². The summed E-state index contributed by atoms with van der Waals surface area (Å²) < 4.78 is 4.59. The second-order valence-corrected chi connectivity index (χ2v) is 6.41. The van der Waals surface area contributed by atoms with Crippen LogP contribution < -0.4 is 0 Å². The Hall–Kier alpha value is -2.12. The summed E-state index contributed by atoms with van der Waals surface area (Å²) in [5.41, 5.74) is 0. The molecule has 4 rings (SSSR count). The predicted octanol–water partition coefficient (Wildman–Crippen LogP) is -0.385. The van der Waals surface area contributed by atoms with E-state index in [0.717, 1.165) is 30.6 Å². The summed E-state index contributed by atoms with van der Waals surface area (Å²) in [6.07, 6.45) is 3.18. The smallest absolute Gasteiger partial charge is 0.323 e. The zero-order valence-electron chi connectivity index (χ0n) is 12.9. The highest BCUT2D eigenvalue weighted by Gasteiger charge is 2.55. The third-order valence-electron chi connectivity index (χ3n) is 5.23. The Balaban J connectivity index is 1.93. The van der Waals surface area contributed by atoms with Crippen molar-refractivity contribution < 1.29 is 29.0 Å². The van der Waals surface area contributed by atoms with Crippen LogP contribution in [0.4, 0.5) is 0 Å². The number of esters is 1. The van der Waals surface area contributed by atoms with Crippen molar-refractivity contribution in [3.05, 3.63) is 0 Å². The quantitative estimate of drug-likeness (QED) is 0.707. The molecular formula is C15H20N2O6. The number of hydrogen-bond donors (Lipinski definition) is 1. The van der Waals surface area contributed by atoms with E-state index in [1.165, 1.54) is 7.11 Å². The number of aliphatic carboxylic acids is 1. The summed E-state index contributed by atoms with van der Waals surface area (Å²) in [6.45, 7) is -0.575. The Morgan fingerprint density at radius 2 is 1.83 bits per heavy atom. The van der Waals surface area contributed by atoms with Crippen LogP contribution in [0.5, 0.6) is 0 Å². The van der Waals surface area contributed by atoms with Gasteiger partial charge in [-0.3, -0.25) is 19.2 Å². The maximum absolute atomic E-state index is 12.9. The van der Waals surface area contributed by atoms with E-state index >= 15 is 0 Å². The van der Waals surface area contributed by atoms with Crippen LogP contribution in [0.3, 0.4) is 0 Å². The standard InChI is InChI=1S/C15H20N2O6/c1-23-12(20)6-10-14(21)17-9-4-2-8(3-5-9)13(17)15(22)16(10)7-11(18)19/h8-10,13H,2-7H2,1H3,(H,18,19)/t8?,9?,10-,13-/m0/s1. The van der Waals surface area contributed by atoms with E-state index in [1.54, 1.807) is 4.90 Å². The number of carboxylic acid groups (broad SMARTS) is 1. The predicted molar refractivity (Wildman–Crippen MR) is 76.1 cm³/mol. The van der Waals surface area contributed by atoms with Crippen LogP contribution in [0.1, 0.15) is 32.1 Å². The molecule has 0 unspecified atom stereocenters. The minimum Gasteiger partial charge on any atom is -0.480 e. The second kappa shape index (κ2) is 5.82. The van der Waals surface area contributed by atoms with Crippen molar-refractivity contribution in [3.8, 4) is 0 Å². The molecule has 1 aliphatic carbocycles. The van der Waals surface area contributed by atoms with Gasteiger partial charge in [0.05, 0.1) is 13.5 Å². The normalized spacial score (nSPS) is 32.7. The molecule has 23 heavy (non-hydrogen) atoms. The van der Waals surface area contributed by atoms with Crippen molar-refractivity contribution in [2.75, 3.05) is 13.7 Å². The average molecular weight is 324 g/mol. The van der Waals surface area contributed by atoms with E-state index in [4.69, 9.17) is 5.11 Å². The number of carboxylic acids is 1. The van der Waals surface area contributed by atoms with Gasteiger partial charge in [0.1, 0.15) is 18.6 Å². The van der Waals surface area contributed by atoms with Crippen LogP contribution >= 0.6 is 0 Å². The number of nitrogens with zero attached hydrogens (tertiary/aromatic N) is 2. The first kappa shape index (κ1) is 15.8. The first-order valence-corrected chi connectivity index (χ1v) is 7.85. The summed E-state index contributed by atoms with van der Waals surface area (Å²) in [5.74, 6) is -2.42. The molecule has 0 spiro atoms. The Labute approximate surface area is 133 Å². The van der Waals surface area contributed by atoms with Crippen molar-refractivity contribution in [1.29, 1.82) is 0 Å². The Bertz CT molecular complexity index is 554. The third-order valence-corrected chi connectivity index (χ3v) is 5.23. The van der Waals surface area contributed by atoms with Crippen LogP contribution in [0, 0.1) is 5.92 Å². The Kier molecular flexibility index (Phi) is 3.99. The molecule has 3 saturated heterocycles. The highest BCUT2D eigenvalue weighted by molar-refractivity contribution is 6.00. The lowest BCUT2D eigenvalue weighted by Crippen LogP contribution is -2.72. The number of hydrogen-bond acceptors (Lipinski definition) is 5. The van der Waals surface area contributed by atoms with Crippen molar-refractivity contribution in [3.63, 3.8) is 0 Å². The van der Waals surface area contributed by atoms with Gasteiger partial charge in [-0.05, 0) is 31.6 Å². The number of carbonyl (C=O) groups excluding carboxylic acids is 3. The third kappa shape index (κ3) is 2.55. The van der Waals surface area contributed by atoms with Gasteiger partial charge >= 0.3 is 11.9 Å². The van der Waals surface area contributed by atoms with Gasteiger partial charge in [-0.15, -0.1) is 0 Å². The largest absolute Gasteiger partial charge is 0.480 e. The van der Waals surface area contributed by atoms with E-state index in [0.29, 0.717) is 0 Å². The Morgan fingerprint density at radius 3 is 2.39 bits per heavy atom. The fourth-order valence-corrected chi connectivity index (χ4v) is 4.19. The van der Waals surface area contributed by atoms with E-state index in [9.17, 15) is 19.2 Å². The van der Waals surface area contributed by atoms with E-state index < -0.39 is 30.6 Å². The van der Waals surface area contributed by atoms with Crippen LogP contribution in [0.2, 0.25) is 0 Å². The van der Waals surface area contributed by atoms with E-state index in [1.807, 2.05) is 0 Å². The number of piperidine rings is 2. The fourth-order valence-electron chi connectivity index (χ4n) is 4.19. The molecule has 0 aromatic heterocycles. The van der Waals surface area contributed by atoms with Crippen LogP contribution in [0.25, 0.3) is 0 Å². The zero-order valence-corrected chi connectivity index (χ0v) is 12.9. The molecule has 2 bridgehead atoms. The first-order valence-electron chi connectivity index (χ1n) is 7.85. The van der Waals surface area contributed by atoms with Gasteiger partial charge in [0.15, 0.2) is 0 Å². The molecule has 8 nitrogen and oxygen atoms in total. The molecule has 126 valence electrons. The maximum atomic E-state index is 12.9. The number of carbonyl (C=O) groups is 4. The molecule has 2 atom stereocenters. The molecule has 3 heterocycles. The summed E-state index contributed by atoms with van der Waals surface area (Å²) >= 11 is 0. The molecule has 4 fully saturated rings. The number of methoxy groups -OCH3 is 1. The average Bonchev–Trinajstić information content (AvgIpc) is 2.55. The molecule has 0 radical (unpaired) electrons. The minimum absolute atomic E-state index is 0.0218. The van der Waals surface area contributed by atoms with Crippen molar-refractivity contribution in [2.24, 2.45) is 5.92 Å². The molecule has 1 saturated carbocycles. The summed E-state index contributed by atoms with van der Waals surface area (Å²) in [7, 11) is 1.20. The lowest BCUT2D eigenvalue weighted by Gasteiger charge is -2.56. The molecule has 8 heteroatoms. The number of amides is 2. The van der Waals surface area contributed by atoms with Crippen LogP contribution in [-0.4, -0.2) is 70.4 Å². The molecular weight excluding hydrogens is 304 g/mol. The second-order valence-electron chi connectivity index (χ2n) is 6.41. The van der Waals surface area contributed by atoms with Gasteiger partial charge in [-0.1, -0.05) is 0 Å². The van der Waals surface area contributed by atoms with Crippen molar-refractivity contribution in [2.45, 2.75) is 50.2 Å². The molecule has 3 aliphatic heterocycles. The lowest BCUT2D eigenvalue weighted by atomic mass is 9.72. The lowest BCUT2D eigenvalue weighted by molar-refractivity contribution is -0.179. The number of fused-ring (bicyclic) bond motifs is 2. The fraction of sp³-hybridized carbons (Fsp3) is 0.733. The number of piperazine rings is 1. The monoisotopic (exact) mass is 324 g/mol. The van der Waals surface area contributed by atoms with Gasteiger partial charge in [-0.25, -0.2) is 0 Å². The highest BCUT2D eigenvalue weighted by Crippen LogP contribution is 2.43. The van der Waals surface area contributed by atoms with Crippen molar-refractivity contribution in [1.82, 2.24) is 9.80 Å². The molecule has 1 N–H and O–H groups in total. The summed E-state index contributed by atoms with van der Waals surface area (Å²) in [4.78, 5) is 51.1. The van der Waals surface area contributed by atoms with Gasteiger partial charge in [0, 0.05) is 6.04 Å². The van der Waals surface area contributed by atoms with Gasteiger partial charge in [0.25, 0.3) is 0 Å². The maximum Gasteiger partial charge on any atom is 0.323 e. The van der Waals surface area contributed by atoms with Crippen LogP contribution in [-0.2, 0) is 23.9 Å². The van der Waals surface area contributed by atoms with E-state index in [2.05, 4.69) is 4.74 Å². The van der Waals surface area contributed by atoms with E-state index in [-0.39, 0.29) is 30.2 Å². The summed E-state index contributed by atoms with van der Waals surface area (Å²) in [6, 6.07) is -1.63. The summed E-state index contributed by atoms with van der Waals surface area (Å²) in [5, 5.41) is 9.07.